The Morgan fingerprint density at radius 1 is 1.56 bits per heavy atom. The molecule has 0 saturated heterocycles. The minimum atomic E-state index is -0.646. The predicted octanol–water partition coefficient (Wildman–Crippen LogP) is 2.14. The lowest BCUT2D eigenvalue weighted by Crippen LogP contribution is -2.41. The molecule has 1 aliphatic carbocycles. The number of aromatic nitrogens is 2. The van der Waals surface area contributed by atoms with Crippen molar-refractivity contribution in [2.24, 2.45) is 11.7 Å². The van der Waals surface area contributed by atoms with E-state index in [1.807, 2.05) is 11.6 Å². The fraction of sp³-hybridized carbons (Fsp3) is 0.769. The van der Waals surface area contributed by atoms with Gasteiger partial charge in [-0.05, 0) is 55.0 Å². The Balaban J connectivity index is 2.01. The van der Waals surface area contributed by atoms with Crippen molar-refractivity contribution in [1.29, 1.82) is 0 Å². The summed E-state index contributed by atoms with van der Waals surface area (Å²) < 4.78 is 3.11. The maximum atomic E-state index is 10.4. The highest BCUT2D eigenvalue weighted by atomic mass is 79.9. The van der Waals surface area contributed by atoms with Crippen molar-refractivity contribution in [1.82, 2.24) is 9.78 Å². The molecular weight excluding hydrogens is 294 g/mol. The molecule has 1 saturated carbocycles. The van der Waals surface area contributed by atoms with Crippen molar-refractivity contribution in [3.8, 4) is 0 Å². The van der Waals surface area contributed by atoms with Gasteiger partial charge in [0, 0.05) is 18.8 Å². The SMILES string of the molecule is Cc1nn(CCC2CCCC2(O)CN)c(C)c1Br. The first-order valence-corrected chi connectivity index (χ1v) is 7.39. The summed E-state index contributed by atoms with van der Waals surface area (Å²) in [6.45, 7) is 5.29. The maximum absolute atomic E-state index is 10.4. The number of nitrogens with two attached hydrogens (primary N) is 1. The summed E-state index contributed by atoms with van der Waals surface area (Å²) in [7, 11) is 0. The van der Waals surface area contributed by atoms with Crippen molar-refractivity contribution in [3.63, 3.8) is 0 Å². The van der Waals surface area contributed by atoms with Gasteiger partial charge in [0.1, 0.15) is 0 Å². The van der Waals surface area contributed by atoms with E-state index in [2.05, 4.69) is 28.0 Å². The Morgan fingerprint density at radius 3 is 2.83 bits per heavy atom. The van der Waals surface area contributed by atoms with Crippen molar-refractivity contribution >= 4 is 15.9 Å². The molecular formula is C13H22BrN3O. The molecule has 1 aromatic heterocycles. The monoisotopic (exact) mass is 315 g/mol. The maximum Gasteiger partial charge on any atom is 0.0798 e. The quantitative estimate of drug-likeness (QED) is 0.894. The molecule has 2 rings (SSSR count). The van der Waals surface area contributed by atoms with Gasteiger partial charge in [-0.25, -0.2) is 0 Å². The molecule has 0 aliphatic heterocycles. The molecule has 1 heterocycles. The number of aliphatic hydroxyl groups is 1. The Bertz CT molecular complexity index is 432. The lowest BCUT2D eigenvalue weighted by Gasteiger charge is -2.28. The molecule has 0 spiro atoms. The second-order valence-electron chi connectivity index (χ2n) is 5.39. The van der Waals surface area contributed by atoms with Gasteiger partial charge in [0.25, 0.3) is 0 Å². The number of halogens is 1. The molecule has 1 aromatic rings. The number of nitrogens with zero attached hydrogens (tertiary/aromatic N) is 2. The van der Waals surface area contributed by atoms with Gasteiger partial charge in [-0.3, -0.25) is 4.68 Å². The van der Waals surface area contributed by atoms with Gasteiger partial charge in [-0.15, -0.1) is 0 Å². The predicted molar refractivity (Wildman–Crippen MR) is 75.4 cm³/mol. The van der Waals surface area contributed by atoms with Crippen LogP contribution in [0.15, 0.2) is 4.47 Å². The van der Waals surface area contributed by atoms with Crippen LogP contribution in [0.1, 0.15) is 37.1 Å². The molecule has 1 fully saturated rings. The molecule has 4 nitrogen and oxygen atoms in total. The van der Waals surface area contributed by atoms with E-state index < -0.39 is 5.60 Å². The second-order valence-corrected chi connectivity index (χ2v) is 6.19. The molecule has 2 atom stereocenters. The van der Waals surface area contributed by atoms with E-state index in [0.29, 0.717) is 12.5 Å². The Labute approximate surface area is 117 Å². The molecule has 0 amide bonds. The third kappa shape index (κ3) is 2.49. The van der Waals surface area contributed by atoms with Crippen molar-refractivity contribution < 1.29 is 5.11 Å². The number of rotatable bonds is 4. The summed E-state index contributed by atoms with van der Waals surface area (Å²) in [5, 5.41) is 14.9. The first-order chi connectivity index (χ1) is 8.48. The Morgan fingerprint density at radius 2 is 2.28 bits per heavy atom. The summed E-state index contributed by atoms with van der Waals surface area (Å²) >= 11 is 3.54. The lowest BCUT2D eigenvalue weighted by molar-refractivity contribution is 0.00622. The molecule has 102 valence electrons. The highest BCUT2D eigenvalue weighted by Crippen LogP contribution is 2.37. The standard InChI is InChI=1S/C13H22BrN3O/c1-9-12(14)10(2)17(16-9)7-5-11-4-3-6-13(11,18)8-15/h11,18H,3-8,15H2,1-2H3. The molecule has 3 N–H and O–H groups in total. The third-order valence-electron chi connectivity index (χ3n) is 4.26. The van der Waals surface area contributed by atoms with Crippen LogP contribution in [0.5, 0.6) is 0 Å². The summed E-state index contributed by atoms with van der Waals surface area (Å²) in [5.74, 6) is 0.310. The number of hydrogen-bond acceptors (Lipinski definition) is 3. The first-order valence-electron chi connectivity index (χ1n) is 6.60. The molecule has 5 heteroatoms. The third-order valence-corrected chi connectivity index (χ3v) is 5.41. The van der Waals surface area contributed by atoms with Crippen molar-refractivity contribution in [2.45, 2.75) is 51.7 Å². The average molecular weight is 316 g/mol. The Kier molecular flexibility index (Phi) is 4.14. The van der Waals surface area contributed by atoms with Crippen molar-refractivity contribution in [3.05, 3.63) is 15.9 Å². The van der Waals surface area contributed by atoms with Crippen LogP contribution < -0.4 is 5.73 Å². The lowest BCUT2D eigenvalue weighted by atomic mass is 9.88. The zero-order chi connectivity index (χ0) is 13.3. The van der Waals surface area contributed by atoms with Crippen LogP contribution >= 0.6 is 15.9 Å². The van der Waals surface area contributed by atoms with Crippen LogP contribution in [-0.4, -0.2) is 27.0 Å². The van der Waals surface area contributed by atoms with Gasteiger partial charge in [0.05, 0.1) is 15.8 Å². The summed E-state index contributed by atoms with van der Waals surface area (Å²) in [4.78, 5) is 0. The van der Waals surface area contributed by atoms with Crippen LogP contribution in [0.25, 0.3) is 0 Å². The largest absolute Gasteiger partial charge is 0.388 e. The molecule has 0 radical (unpaired) electrons. The summed E-state index contributed by atoms with van der Waals surface area (Å²) in [6, 6.07) is 0. The van der Waals surface area contributed by atoms with Crippen LogP contribution in [0.2, 0.25) is 0 Å². The van der Waals surface area contributed by atoms with E-state index in [1.54, 1.807) is 0 Å². The normalized spacial score (nSPS) is 27.9. The number of aryl methyl sites for hydroxylation is 2. The highest BCUT2D eigenvalue weighted by Gasteiger charge is 2.39. The van der Waals surface area contributed by atoms with Crippen LogP contribution in [0.3, 0.4) is 0 Å². The van der Waals surface area contributed by atoms with Crippen LogP contribution in [0.4, 0.5) is 0 Å². The molecule has 0 bridgehead atoms. The average Bonchev–Trinajstić information content (AvgIpc) is 2.84. The van der Waals surface area contributed by atoms with E-state index in [0.717, 1.165) is 48.1 Å². The summed E-state index contributed by atoms with van der Waals surface area (Å²) in [5.41, 5.74) is 7.24. The zero-order valence-corrected chi connectivity index (χ0v) is 12.7. The van der Waals surface area contributed by atoms with Gasteiger partial charge in [-0.2, -0.15) is 5.10 Å². The first kappa shape index (κ1) is 14.0. The molecule has 1 aliphatic rings. The van der Waals surface area contributed by atoms with Crippen molar-refractivity contribution in [2.75, 3.05) is 6.54 Å². The molecule has 18 heavy (non-hydrogen) atoms. The topological polar surface area (TPSA) is 64.1 Å². The molecule has 0 aromatic carbocycles. The van der Waals surface area contributed by atoms with Gasteiger partial charge >= 0.3 is 0 Å². The van der Waals surface area contributed by atoms with E-state index in [9.17, 15) is 5.11 Å². The minimum Gasteiger partial charge on any atom is -0.388 e. The van der Waals surface area contributed by atoms with Gasteiger partial charge in [0.2, 0.25) is 0 Å². The Hall–Kier alpha value is -0.390. The summed E-state index contributed by atoms with van der Waals surface area (Å²) in [6.07, 6.45) is 3.95. The minimum absolute atomic E-state index is 0.310. The van der Waals surface area contributed by atoms with E-state index in [4.69, 9.17) is 5.73 Å². The van der Waals surface area contributed by atoms with Crippen LogP contribution in [-0.2, 0) is 6.54 Å². The fourth-order valence-electron chi connectivity index (χ4n) is 2.98. The van der Waals surface area contributed by atoms with Gasteiger partial charge in [-0.1, -0.05) is 6.42 Å². The highest BCUT2D eigenvalue weighted by molar-refractivity contribution is 9.10. The van der Waals surface area contributed by atoms with Gasteiger partial charge < -0.3 is 10.8 Å². The smallest absolute Gasteiger partial charge is 0.0798 e. The number of hydrogen-bond donors (Lipinski definition) is 2. The van der Waals surface area contributed by atoms with Crippen LogP contribution in [0, 0.1) is 19.8 Å². The van der Waals surface area contributed by atoms with E-state index >= 15 is 0 Å². The second kappa shape index (κ2) is 5.31. The molecule has 2 unspecified atom stereocenters. The fourth-order valence-corrected chi connectivity index (χ4v) is 3.26. The van der Waals surface area contributed by atoms with E-state index in [-0.39, 0.29) is 0 Å². The van der Waals surface area contributed by atoms with Gasteiger partial charge in [0.15, 0.2) is 0 Å². The zero-order valence-electron chi connectivity index (χ0n) is 11.1. The van der Waals surface area contributed by atoms with E-state index in [1.165, 1.54) is 0 Å².